The quantitative estimate of drug-likeness (QED) is 0.810. The van der Waals surface area contributed by atoms with Crippen LogP contribution in [0.4, 0.5) is 13.2 Å². The average Bonchev–Trinajstić information content (AvgIpc) is 2.77. The summed E-state index contributed by atoms with van der Waals surface area (Å²) in [7, 11) is 0. The molecule has 0 spiro atoms. The lowest BCUT2D eigenvalue weighted by Gasteiger charge is -2.35. The summed E-state index contributed by atoms with van der Waals surface area (Å²) < 4.78 is 37.2. The van der Waals surface area contributed by atoms with Crippen LogP contribution >= 0.6 is 0 Å². The van der Waals surface area contributed by atoms with Crippen LogP contribution in [0, 0.1) is 5.92 Å². The van der Waals surface area contributed by atoms with Crippen LogP contribution in [-0.2, 0) is 0 Å². The van der Waals surface area contributed by atoms with Crippen molar-refractivity contribution in [2.24, 2.45) is 5.92 Å². The van der Waals surface area contributed by atoms with Gasteiger partial charge in [0, 0.05) is 12.6 Å². The van der Waals surface area contributed by atoms with Gasteiger partial charge in [0.1, 0.15) is 0 Å². The summed E-state index contributed by atoms with van der Waals surface area (Å²) in [5, 5.41) is 12.5. The van der Waals surface area contributed by atoms with Gasteiger partial charge in [-0.1, -0.05) is 0 Å². The molecule has 106 valence electrons. The standard InChI is InChI=1S/C12H21F3N2O/c13-12(14,15)11(18)8-17-7-1-2-10(17)9-3-5-16-6-4-9/h9-11,16,18H,1-8H2. The van der Waals surface area contributed by atoms with Crippen molar-refractivity contribution in [2.45, 2.75) is 44.0 Å². The second-order valence-corrected chi connectivity index (χ2v) is 5.35. The van der Waals surface area contributed by atoms with Gasteiger partial charge < -0.3 is 10.4 Å². The van der Waals surface area contributed by atoms with E-state index >= 15 is 0 Å². The molecule has 0 saturated carbocycles. The second kappa shape index (κ2) is 5.75. The number of hydrogen-bond donors (Lipinski definition) is 2. The molecule has 0 amide bonds. The molecule has 0 aromatic rings. The maximum atomic E-state index is 12.4. The number of β-amino-alcohol motifs (C(OH)–C–C–N with tert-alkyl or cyclic N) is 1. The minimum Gasteiger partial charge on any atom is -0.382 e. The van der Waals surface area contributed by atoms with Crippen molar-refractivity contribution in [1.29, 1.82) is 0 Å². The third-order valence-electron chi connectivity index (χ3n) is 4.13. The fourth-order valence-corrected chi connectivity index (χ4v) is 3.17. The van der Waals surface area contributed by atoms with Gasteiger partial charge in [0.25, 0.3) is 0 Å². The highest BCUT2D eigenvalue weighted by Crippen LogP contribution is 2.31. The number of piperidine rings is 1. The molecule has 2 saturated heterocycles. The monoisotopic (exact) mass is 266 g/mol. The SMILES string of the molecule is OC(CN1CCCC1C1CCNCC1)C(F)(F)F. The van der Waals surface area contributed by atoms with Crippen LogP contribution in [0.5, 0.6) is 0 Å². The van der Waals surface area contributed by atoms with Gasteiger partial charge >= 0.3 is 6.18 Å². The van der Waals surface area contributed by atoms with Crippen LogP contribution in [0.2, 0.25) is 0 Å². The van der Waals surface area contributed by atoms with Gasteiger partial charge in [0.2, 0.25) is 0 Å². The predicted molar refractivity (Wildman–Crippen MR) is 62.3 cm³/mol. The third-order valence-corrected chi connectivity index (χ3v) is 4.13. The van der Waals surface area contributed by atoms with Gasteiger partial charge in [-0.25, -0.2) is 0 Å². The summed E-state index contributed by atoms with van der Waals surface area (Å²) in [6.07, 6.45) is -2.73. The Bertz CT molecular complexity index is 267. The van der Waals surface area contributed by atoms with Crippen molar-refractivity contribution in [2.75, 3.05) is 26.2 Å². The minimum absolute atomic E-state index is 0.226. The molecule has 2 unspecified atom stereocenters. The molecule has 2 N–H and O–H groups in total. The van der Waals surface area contributed by atoms with Crippen molar-refractivity contribution >= 4 is 0 Å². The van der Waals surface area contributed by atoms with E-state index in [-0.39, 0.29) is 12.6 Å². The molecule has 2 rings (SSSR count). The molecular weight excluding hydrogens is 245 g/mol. The molecule has 2 aliphatic heterocycles. The molecule has 0 aromatic heterocycles. The number of aliphatic hydroxyl groups excluding tert-OH is 1. The molecule has 2 aliphatic rings. The zero-order valence-electron chi connectivity index (χ0n) is 10.4. The lowest BCUT2D eigenvalue weighted by atomic mass is 9.88. The molecule has 2 fully saturated rings. The van der Waals surface area contributed by atoms with Crippen LogP contribution in [-0.4, -0.2) is 54.5 Å². The van der Waals surface area contributed by atoms with E-state index in [2.05, 4.69) is 5.32 Å². The fraction of sp³-hybridized carbons (Fsp3) is 1.00. The maximum Gasteiger partial charge on any atom is 0.415 e. The van der Waals surface area contributed by atoms with E-state index in [9.17, 15) is 18.3 Å². The summed E-state index contributed by atoms with van der Waals surface area (Å²) in [5.74, 6) is 0.481. The first kappa shape index (κ1) is 14.1. The molecule has 2 atom stereocenters. The number of hydrogen-bond acceptors (Lipinski definition) is 3. The summed E-state index contributed by atoms with van der Waals surface area (Å²) in [6.45, 7) is 2.33. The Kier molecular flexibility index (Phi) is 4.50. The molecule has 3 nitrogen and oxygen atoms in total. The van der Waals surface area contributed by atoms with Gasteiger partial charge in [0.15, 0.2) is 6.10 Å². The number of nitrogens with zero attached hydrogens (tertiary/aromatic N) is 1. The van der Waals surface area contributed by atoms with Crippen LogP contribution in [0.3, 0.4) is 0 Å². The van der Waals surface area contributed by atoms with Gasteiger partial charge in [-0.05, 0) is 51.2 Å². The lowest BCUT2D eigenvalue weighted by Crippen LogP contribution is -2.47. The van der Waals surface area contributed by atoms with Crippen molar-refractivity contribution in [1.82, 2.24) is 10.2 Å². The fourth-order valence-electron chi connectivity index (χ4n) is 3.17. The molecule has 2 heterocycles. The Morgan fingerprint density at radius 2 is 1.89 bits per heavy atom. The molecular formula is C12H21F3N2O. The van der Waals surface area contributed by atoms with Crippen molar-refractivity contribution in [3.8, 4) is 0 Å². The number of nitrogens with one attached hydrogen (secondary N) is 1. The molecule has 0 aromatic carbocycles. The molecule has 18 heavy (non-hydrogen) atoms. The van der Waals surface area contributed by atoms with E-state index < -0.39 is 12.3 Å². The Labute approximate surface area is 105 Å². The molecule has 0 bridgehead atoms. The summed E-state index contributed by atoms with van der Waals surface area (Å²) in [5.41, 5.74) is 0. The first-order valence-corrected chi connectivity index (χ1v) is 6.68. The first-order valence-electron chi connectivity index (χ1n) is 6.68. The molecule has 6 heteroatoms. The number of likely N-dealkylation sites (tertiary alicyclic amines) is 1. The maximum absolute atomic E-state index is 12.4. The van der Waals surface area contributed by atoms with Crippen LogP contribution in [0.15, 0.2) is 0 Å². The van der Waals surface area contributed by atoms with Crippen LogP contribution in [0.25, 0.3) is 0 Å². The number of rotatable bonds is 3. The minimum atomic E-state index is -4.50. The smallest absolute Gasteiger partial charge is 0.382 e. The van der Waals surface area contributed by atoms with Crippen LogP contribution in [0.1, 0.15) is 25.7 Å². The number of halogens is 3. The van der Waals surface area contributed by atoms with Gasteiger partial charge in [-0.2, -0.15) is 13.2 Å². The lowest BCUT2D eigenvalue weighted by molar-refractivity contribution is -0.209. The molecule has 0 aliphatic carbocycles. The Morgan fingerprint density at radius 1 is 1.22 bits per heavy atom. The van der Waals surface area contributed by atoms with Gasteiger partial charge in [-0.3, -0.25) is 4.90 Å². The zero-order chi connectivity index (χ0) is 13.2. The van der Waals surface area contributed by atoms with E-state index in [1.165, 1.54) is 0 Å². The van der Waals surface area contributed by atoms with Crippen molar-refractivity contribution in [3.63, 3.8) is 0 Å². The Morgan fingerprint density at radius 3 is 2.50 bits per heavy atom. The normalized spacial score (nSPS) is 29.7. The summed E-state index contributed by atoms with van der Waals surface area (Å²) in [4.78, 5) is 1.84. The van der Waals surface area contributed by atoms with Crippen molar-refractivity contribution < 1.29 is 18.3 Å². The summed E-state index contributed by atoms with van der Waals surface area (Å²) >= 11 is 0. The second-order valence-electron chi connectivity index (χ2n) is 5.35. The zero-order valence-corrected chi connectivity index (χ0v) is 10.4. The number of alkyl halides is 3. The van der Waals surface area contributed by atoms with Crippen LogP contribution < -0.4 is 5.32 Å². The van der Waals surface area contributed by atoms with E-state index in [0.29, 0.717) is 12.5 Å². The summed E-state index contributed by atoms with van der Waals surface area (Å²) in [6, 6.07) is 0.226. The molecule has 0 radical (unpaired) electrons. The Balaban J connectivity index is 1.90. The highest BCUT2D eigenvalue weighted by molar-refractivity contribution is 4.89. The Hall–Kier alpha value is -0.330. The predicted octanol–water partition coefficient (Wildman–Crippen LogP) is 1.37. The average molecular weight is 266 g/mol. The van der Waals surface area contributed by atoms with E-state index in [1.54, 1.807) is 0 Å². The topological polar surface area (TPSA) is 35.5 Å². The van der Waals surface area contributed by atoms with Gasteiger partial charge in [-0.15, -0.1) is 0 Å². The van der Waals surface area contributed by atoms with E-state index in [0.717, 1.165) is 38.8 Å². The highest BCUT2D eigenvalue weighted by atomic mass is 19.4. The number of aliphatic hydroxyl groups is 1. The third kappa shape index (κ3) is 3.36. The van der Waals surface area contributed by atoms with E-state index in [1.807, 2.05) is 4.90 Å². The largest absolute Gasteiger partial charge is 0.415 e. The van der Waals surface area contributed by atoms with Crippen molar-refractivity contribution in [3.05, 3.63) is 0 Å². The highest BCUT2D eigenvalue weighted by Gasteiger charge is 2.42. The first-order chi connectivity index (χ1) is 8.48. The van der Waals surface area contributed by atoms with E-state index in [4.69, 9.17) is 0 Å². The van der Waals surface area contributed by atoms with Gasteiger partial charge in [0.05, 0.1) is 0 Å².